The van der Waals surface area contributed by atoms with Gasteiger partial charge in [-0.1, -0.05) is 13.8 Å². The van der Waals surface area contributed by atoms with Gasteiger partial charge in [0.05, 0.1) is 42.9 Å². The second-order valence-corrected chi connectivity index (χ2v) is 15.0. The molecule has 6 aromatic rings. The Balaban J connectivity index is 0.000000286. The maximum absolute atomic E-state index is 12.5. The molecule has 0 aliphatic heterocycles. The van der Waals surface area contributed by atoms with E-state index >= 15 is 0 Å². The van der Waals surface area contributed by atoms with Gasteiger partial charge in [0, 0.05) is 49.4 Å². The van der Waals surface area contributed by atoms with Gasteiger partial charge in [-0.3, -0.25) is 19.2 Å². The lowest BCUT2D eigenvalue weighted by molar-refractivity contribution is -0.140. The van der Waals surface area contributed by atoms with Crippen molar-refractivity contribution < 1.29 is 39.0 Å². The molecular formula is C44H54N16O8. The van der Waals surface area contributed by atoms with Gasteiger partial charge >= 0.3 is 11.9 Å². The van der Waals surface area contributed by atoms with Crippen LogP contribution in [0.3, 0.4) is 0 Å². The second-order valence-electron chi connectivity index (χ2n) is 15.0. The van der Waals surface area contributed by atoms with E-state index in [0.717, 1.165) is 11.4 Å². The van der Waals surface area contributed by atoms with Crippen molar-refractivity contribution in [2.24, 2.45) is 0 Å². The summed E-state index contributed by atoms with van der Waals surface area (Å²) in [5.74, 6) is -3.30. The number of nitrogens with zero attached hydrogens (tertiary/aromatic N) is 10. The summed E-state index contributed by atoms with van der Waals surface area (Å²) in [4.78, 5) is 107. The average Bonchev–Trinajstić information content (AvgIpc) is 3.30. The molecule has 0 saturated heterocycles. The van der Waals surface area contributed by atoms with Gasteiger partial charge < -0.3 is 58.4 Å². The SMILES string of the molecule is CC.CC(=O)C(CCC(=O)O)NC(=O)c1ccc(N(C)Cc2cnc3nc(N)nc(N)c3n2)cc1.CC(=O)CCC(NC(=O)c1ccc(N(C)Cc2cnc3nc(N)nc(N)c3n2)cc1)C(=O)O. The lowest BCUT2D eigenvalue weighted by atomic mass is 10.1. The minimum atomic E-state index is -1.19. The highest BCUT2D eigenvalue weighted by Crippen LogP contribution is 2.21. The molecule has 0 bridgehead atoms. The minimum Gasteiger partial charge on any atom is -0.481 e. The molecule has 0 aliphatic rings. The summed E-state index contributed by atoms with van der Waals surface area (Å²) in [5, 5.41) is 23.1. The van der Waals surface area contributed by atoms with E-state index in [1.54, 1.807) is 60.9 Å². The van der Waals surface area contributed by atoms with Crippen molar-refractivity contribution in [2.45, 2.75) is 78.6 Å². The van der Waals surface area contributed by atoms with Gasteiger partial charge in [0.25, 0.3) is 11.8 Å². The zero-order chi connectivity index (χ0) is 50.2. The van der Waals surface area contributed by atoms with Gasteiger partial charge in [-0.15, -0.1) is 0 Å². The minimum absolute atomic E-state index is 0.0248. The maximum atomic E-state index is 12.5. The van der Waals surface area contributed by atoms with Crippen LogP contribution < -0.4 is 43.4 Å². The number of carboxylic acids is 2. The molecule has 0 saturated carbocycles. The molecule has 0 radical (unpaired) electrons. The molecular weight excluding hydrogens is 881 g/mol. The predicted molar refractivity (Wildman–Crippen MR) is 254 cm³/mol. The Hall–Kier alpha value is -8.70. The Labute approximate surface area is 390 Å². The number of nitrogens with two attached hydrogens (primary N) is 4. The molecule has 0 fully saturated rings. The van der Waals surface area contributed by atoms with E-state index in [1.807, 2.05) is 37.7 Å². The fourth-order valence-electron chi connectivity index (χ4n) is 6.25. The van der Waals surface area contributed by atoms with Crippen LogP contribution >= 0.6 is 0 Å². The van der Waals surface area contributed by atoms with E-state index in [9.17, 15) is 33.9 Å². The molecule has 2 aromatic carbocycles. The Morgan fingerprint density at radius 1 is 0.588 bits per heavy atom. The monoisotopic (exact) mass is 934 g/mol. The number of amides is 2. The Morgan fingerprint density at radius 2 is 0.985 bits per heavy atom. The van der Waals surface area contributed by atoms with Crippen molar-refractivity contribution in [3.63, 3.8) is 0 Å². The molecule has 358 valence electrons. The normalized spacial score (nSPS) is 11.4. The van der Waals surface area contributed by atoms with Gasteiger partial charge in [0.15, 0.2) is 39.7 Å². The Kier molecular flexibility index (Phi) is 18.3. The molecule has 2 amide bonds. The lowest BCUT2D eigenvalue weighted by Crippen LogP contribution is -2.41. The number of carboxylic acid groups (broad SMARTS) is 2. The first-order valence-electron chi connectivity index (χ1n) is 21.1. The number of hydrogen-bond acceptors (Lipinski definition) is 20. The number of fused-ring (bicyclic) bond motifs is 2. The number of aliphatic carboxylic acids is 2. The van der Waals surface area contributed by atoms with Crippen molar-refractivity contribution in [3.05, 3.63) is 83.4 Å². The van der Waals surface area contributed by atoms with Crippen LogP contribution in [0.15, 0.2) is 60.9 Å². The van der Waals surface area contributed by atoms with Gasteiger partial charge in [0.2, 0.25) is 11.9 Å². The van der Waals surface area contributed by atoms with Crippen LogP contribution in [-0.4, -0.2) is 112 Å². The van der Waals surface area contributed by atoms with Crippen molar-refractivity contribution in [1.29, 1.82) is 0 Å². The third kappa shape index (κ3) is 14.7. The average molecular weight is 935 g/mol. The van der Waals surface area contributed by atoms with Crippen molar-refractivity contribution >= 4 is 92.6 Å². The Morgan fingerprint density at radius 3 is 1.35 bits per heavy atom. The summed E-state index contributed by atoms with van der Waals surface area (Å²) in [7, 11) is 3.69. The standard InChI is InChI=1S/2C21H24N8O4.C2H6/c1-11(30)3-8-15(20(32)33)26-19(31)12-4-6-14(7-5-12)29(2)10-13-9-24-18-16(25-13)17(22)27-21(23)28-18;1-11(30)15(7-8-16(31)32)26-20(33)12-3-5-14(6-4-12)29(2)10-13-9-24-19-17(25-13)18(22)27-21(23)28-19;1-2/h4-7,9,15H,3,8,10H2,1-2H3,(H,26,31)(H,32,33)(H4,22,23,24,27,28);3-6,9,15H,7-8,10H2,1-2H3,(H,26,33)(H,31,32)(H4,22,23,24,27,28);1-2H3. The highest BCUT2D eigenvalue weighted by atomic mass is 16.4. The van der Waals surface area contributed by atoms with Crippen LogP contribution in [0.1, 0.15) is 85.5 Å². The first-order chi connectivity index (χ1) is 32.3. The van der Waals surface area contributed by atoms with Crippen LogP contribution in [0.5, 0.6) is 0 Å². The molecule has 24 heteroatoms. The number of carbonyl (C=O) groups is 6. The number of nitrogen functional groups attached to an aromatic ring is 4. The number of carbonyl (C=O) groups excluding carboxylic acids is 4. The quantitative estimate of drug-likeness (QED) is 0.0614. The molecule has 4 aromatic heterocycles. The molecule has 0 spiro atoms. The maximum Gasteiger partial charge on any atom is 0.326 e. The third-order valence-electron chi connectivity index (χ3n) is 9.77. The summed E-state index contributed by atoms with van der Waals surface area (Å²) < 4.78 is 0. The summed E-state index contributed by atoms with van der Waals surface area (Å²) in [5.41, 5.74) is 27.7. The van der Waals surface area contributed by atoms with Crippen molar-refractivity contribution in [1.82, 2.24) is 50.5 Å². The highest BCUT2D eigenvalue weighted by Gasteiger charge is 2.22. The molecule has 12 N–H and O–H groups in total. The molecule has 6 rings (SSSR count). The lowest BCUT2D eigenvalue weighted by Gasteiger charge is -2.19. The first kappa shape index (κ1) is 51.9. The first-order valence-corrected chi connectivity index (χ1v) is 21.1. The fraction of sp³-hybridized carbons (Fsp3) is 0.318. The molecule has 68 heavy (non-hydrogen) atoms. The van der Waals surface area contributed by atoms with Crippen LogP contribution in [0.2, 0.25) is 0 Å². The molecule has 2 atom stereocenters. The number of ketones is 2. The van der Waals surface area contributed by atoms with Crippen LogP contribution in [0, 0.1) is 0 Å². The van der Waals surface area contributed by atoms with E-state index in [4.69, 9.17) is 28.0 Å². The number of hydrogen-bond donors (Lipinski definition) is 8. The fourth-order valence-corrected chi connectivity index (χ4v) is 6.25. The van der Waals surface area contributed by atoms with E-state index in [-0.39, 0.29) is 60.8 Å². The molecule has 24 nitrogen and oxygen atoms in total. The summed E-state index contributed by atoms with van der Waals surface area (Å²) in [6, 6.07) is 11.4. The summed E-state index contributed by atoms with van der Waals surface area (Å²) in [6.45, 7) is 7.48. The molecule has 4 heterocycles. The zero-order valence-electron chi connectivity index (χ0n) is 38.3. The van der Waals surface area contributed by atoms with Crippen molar-refractivity contribution in [3.8, 4) is 0 Å². The van der Waals surface area contributed by atoms with E-state index in [1.165, 1.54) is 13.8 Å². The van der Waals surface area contributed by atoms with Crippen LogP contribution in [0.25, 0.3) is 22.3 Å². The summed E-state index contributed by atoms with van der Waals surface area (Å²) >= 11 is 0. The van der Waals surface area contributed by atoms with E-state index in [2.05, 4.69) is 50.5 Å². The Bertz CT molecular complexity index is 2590. The number of anilines is 6. The molecule has 0 aliphatic carbocycles. The molecule has 2 unspecified atom stereocenters. The number of benzene rings is 2. The number of aromatic nitrogens is 8. The highest BCUT2D eigenvalue weighted by molar-refractivity contribution is 5.98. The topological polar surface area (TPSA) is 381 Å². The van der Waals surface area contributed by atoms with E-state index in [0.29, 0.717) is 57.9 Å². The number of rotatable bonds is 18. The van der Waals surface area contributed by atoms with Gasteiger partial charge in [-0.05, 0) is 75.2 Å². The van der Waals surface area contributed by atoms with Crippen LogP contribution in [-0.2, 0) is 32.3 Å². The number of nitrogens with one attached hydrogen (secondary N) is 2. The number of Topliss-reactive ketones (excluding diaryl/α,β-unsaturated/α-hetero) is 2. The van der Waals surface area contributed by atoms with Gasteiger partial charge in [-0.25, -0.2) is 24.7 Å². The largest absolute Gasteiger partial charge is 0.481 e. The summed E-state index contributed by atoms with van der Waals surface area (Å²) in [6.07, 6.45) is 3.07. The third-order valence-corrected chi connectivity index (χ3v) is 9.77. The van der Waals surface area contributed by atoms with Crippen LogP contribution in [0.4, 0.5) is 34.9 Å². The smallest absolute Gasteiger partial charge is 0.326 e. The second kappa shape index (κ2) is 24.0. The van der Waals surface area contributed by atoms with Gasteiger partial charge in [0.1, 0.15) is 11.8 Å². The zero-order valence-corrected chi connectivity index (χ0v) is 38.3. The van der Waals surface area contributed by atoms with Gasteiger partial charge in [-0.2, -0.15) is 19.9 Å². The van der Waals surface area contributed by atoms with Crippen molar-refractivity contribution in [2.75, 3.05) is 46.8 Å². The van der Waals surface area contributed by atoms with E-state index < -0.39 is 35.8 Å². The predicted octanol–water partition coefficient (Wildman–Crippen LogP) is 2.57.